The summed E-state index contributed by atoms with van der Waals surface area (Å²) in [5.41, 5.74) is 0.593. The molecule has 1 aromatic carbocycles. The number of methoxy groups -OCH3 is 1. The van der Waals surface area contributed by atoms with E-state index in [0.29, 0.717) is 25.6 Å². The standard InChI is InChI=1S/C17H28N4O3/c1-17(2,3)24-16(22)20-10-9-19-15(18-4)21-12-13-7-6-8-14(11-13)23-5/h6-8,11H,9-10,12H2,1-5H3,(H,20,22)(H2,18,19,21). The van der Waals surface area contributed by atoms with E-state index in [4.69, 9.17) is 9.47 Å². The topological polar surface area (TPSA) is 84.0 Å². The van der Waals surface area contributed by atoms with Gasteiger partial charge in [-0.25, -0.2) is 4.79 Å². The minimum Gasteiger partial charge on any atom is -0.497 e. The van der Waals surface area contributed by atoms with Gasteiger partial charge >= 0.3 is 6.09 Å². The van der Waals surface area contributed by atoms with Crippen LogP contribution in [0, 0.1) is 0 Å². The Hall–Kier alpha value is -2.44. The van der Waals surface area contributed by atoms with Crippen LogP contribution in [0.25, 0.3) is 0 Å². The van der Waals surface area contributed by atoms with Crippen molar-refractivity contribution in [1.82, 2.24) is 16.0 Å². The third-order valence-corrected chi connectivity index (χ3v) is 2.90. The number of nitrogens with zero attached hydrogens (tertiary/aromatic N) is 1. The Morgan fingerprint density at radius 2 is 1.88 bits per heavy atom. The predicted octanol–water partition coefficient (Wildman–Crippen LogP) is 1.88. The second-order valence-corrected chi connectivity index (χ2v) is 6.13. The Balaban J connectivity index is 2.29. The number of benzene rings is 1. The van der Waals surface area contributed by atoms with E-state index in [2.05, 4.69) is 20.9 Å². The van der Waals surface area contributed by atoms with Crippen molar-refractivity contribution in [2.24, 2.45) is 4.99 Å². The SMILES string of the molecule is CN=C(NCCNC(=O)OC(C)(C)C)NCc1cccc(OC)c1. The highest BCUT2D eigenvalue weighted by Gasteiger charge is 2.15. The van der Waals surface area contributed by atoms with Gasteiger partial charge in [-0.05, 0) is 38.5 Å². The molecule has 0 spiro atoms. The van der Waals surface area contributed by atoms with Crippen LogP contribution in [-0.4, -0.2) is 44.9 Å². The number of hydrogen-bond acceptors (Lipinski definition) is 4. The van der Waals surface area contributed by atoms with E-state index in [1.165, 1.54) is 0 Å². The number of nitrogens with one attached hydrogen (secondary N) is 3. The summed E-state index contributed by atoms with van der Waals surface area (Å²) in [6, 6.07) is 7.81. The van der Waals surface area contributed by atoms with Gasteiger partial charge < -0.3 is 25.4 Å². The van der Waals surface area contributed by atoms with Crippen LogP contribution in [-0.2, 0) is 11.3 Å². The molecule has 7 nitrogen and oxygen atoms in total. The Morgan fingerprint density at radius 1 is 1.17 bits per heavy atom. The van der Waals surface area contributed by atoms with Gasteiger partial charge in [0, 0.05) is 26.7 Å². The van der Waals surface area contributed by atoms with Crippen LogP contribution in [0.4, 0.5) is 4.79 Å². The number of hydrogen-bond donors (Lipinski definition) is 3. The van der Waals surface area contributed by atoms with Crippen molar-refractivity contribution in [3.63, 3.8) is 0 Å². The highest BCUT2D eigenvalue weighted by Crippen LogP contribution is 2.12. The van der Waals surface area contributed by atoms with Gasteiger partial charge in [0.25, 0.3) is 0 Å². The molecule has 0 aliphatic carbocycles. The molecule has 24 heavy (non-hydrogen) atoms. The second kappa shape index (κ2) is 9.64. The van der Waals surface area contributed by atoms with Gasteiger partial charge in [-0.2, -0.15) is 0 Å². The van der Waals surface area contributed by atoms with Gasteiger partial charge in [-0.3, -0.25) is 4.99 Å². The molecule has 0 saturated carbocycles. The average molecular weight is 336 g/mol. The molecular weight excluding hydrogens is 308 g/mol. The summed E-state index contributed by atoms with van der Waals surface area (Å²) in [5.74, 6) is 1.47. The van der Waals surface area contributed by atoms with Crippen molar-refractivity contribution >= 4 is 12.1 Å². The number of alkyl carbamates (subject to hydrolysis) is 1. The lowest BCUT2D eigenvalue weighted by Crippen LogP contribution is -2.42. The van der Waals surface area contributed by atoms with Crippen LogP contribution in [0.15, 0.2) is 29.3 Å². The van der Waals surface area contributed by atoms with E-state index in [1.807, 2.05) is 45.0 Å². The first kappa shape index (κ1) is 19.6. The first-order valence-electron chi connectivity index (χ1n) is 7.88. The fraction of sp³-hybridized carbons (Fsp3) is 0.529. The molecule has 0 aromatic heterocycles. The highest BCUT2D eigenvalue weighted by atomic mass is 16.6. The van der Waals surface area contributed by atoms with Crippen LogP contribution in [0.3, 0.4) is 0 Å². The summed E-state index contributed by atoms with van der Waals surface area (Å²) in [7, 11) is 3.34. The molecule has 3 N–H and O–H groups in total. The number of aliphatic imine (C=N–C) groups is 1. The largest absolute Gasteiger partial charge is 0.497 e. The fourth-order valence-corrected chi connectivity index (χ4v) is 1.85. The molecule has 0 aliphatic heterocycles. The van der Waals surface area contributed by atoms with E-state index >= 15 is 0 Å². The quantitative estimate of drug-likeness (QED) is 0.420. The Labute approximate surface area is 143 Å². The lowest BCUT2D eigenvalue weighted by Gasteiger charge is -2.20. The Kier molecular flexibility index (Phi) is 7.88. The van der Waals surface area contributed by atoms with Gasteiger partial charge in [0.15, 0.2) is 5.96 Å². The third kappa shape index (κ3) is 8.26. The normalized spacial score (nSPS) is 11.6. The molecule has 1 rings (SSSR count). The average Bonchev–Trinajstić information content (AvgIpc) is 2.52. The van der Waals surface area contributed by atoms with Crippen molar-refractivity contribution in [2.45, 2.75) is 32.9 Å². The number of guanidine groups is 1. The summed E-state index contributed by atoms with van der Waals surface area (Å²) < 4.78 is 10.4. The van der Waals surface area contributed by atoms with Crippen molar-refractivity contribution in [3.05, 3.63) is 29.8 Å². The molecule has 1 amide bonds. The fourth-order valence-electron chi connectivity index (χ4n) is 1.85. The molecule has 0 unspecified atom stereocenters. The molecule has 0 aliphatic rings. The molecule has 0 radical (unpaired) electrons. The van der Waals surface area contributed by atoms with Crippen LogP contribution in [0.2, 0.25) is 0 Å². The van der Waals surface area contributed by atoms with Crippen molar-refractivity contribution in [2.75, 3.05) is 27.2 Å². The van der Waals surface area contributed by atoms with Gasteiger partial charge in [-0.15, -0.1) is 0 Å². The minimum absolute atomic E-state index is 0.427. The molecular formula is C17H28N4O3. The van der Waals surface area contributed by atoms with Gasteiger partial charge in [0.2, 0.25) is 0 Å². The van der Waals surface area contributed by atoms with Crippen molar-refractivity contribution in [1.29, 1.82) is 0 Å². The molecule has 134 valence electrons. The maximum absolute atomic E-state index is 11.5. The maximum Gasteiger partial charge on any atom is 0.407 e. The lowest BCUT2D eigenvalue weighted by molar-refractivity contribution is 0.0529. The second-order valence-electron chi connectivity index (χ2n) is 6.13. The zero-order chi connectivity index (χ0) is 18.0. The molecule has 0 fully saturated rings. The van der Waals surface area contributed by atoms with E-state index in [1.54, 1.807) is 14.2 Å². The van der Waals surface area contributed by atoms with Crippen LogP contribution < -0.4 is 20.7 Å². The molecule has 0 saturated heterocycles. The number of carbonyl (C=O) groups is 1. The van der Waals surface area contributed by atoms with Crippen molar-refractivity contribution < 1.29 is 14.3 Å². The highest BCUT2D eigenvalue weighted by molar-refractivity contribution is 5.79. The Bertz CT molecular complexity index is 553. The number of amides is 1. The molecule has 0 bridgehead atoms. The Morgan fingerprint density at radius 3 is 2.50 bits per heavy atom. The first-order valence-corrected chi connectivity index (χ1v) is 7.88. The van der Waals surface area contributed by atoms with E-state index in [-0.39, 0.29) is 0 Å². The third-order valence-electron chi connectivity index (χ3n) is 2.90. The molecule has 1 aromatic rings. The van der Waals surface area contributed by atoms with E-state index in [0.717, 1.165) is 11.3 Å². The van der Waals surface area contributed by atoms with Gasteiger partial charge in [0.1, 0.15) is 11.4 Å². The minimum atomic E-state index is -0.494. The summed E-state index contributed by atoms with van der Waals surface area (Å²) >= 11 is 0. The summed E-state index contributed by atoms with van der Waals surface area (Å²) in [6.45, 7) is 7.09. The van der Waals surface area contributed by atoms with Gasteiger partial charge in [-0.1, -0.05) is 12.1 Å². The van der Waals surface area contributed by atoms with Crippen LogP contribution in [0.5, 0.6) is 5.75 Å². The lowest BCUT2D eigenvalue weighted by atomic mass is 10.2. The zero-order valence-electron chi connectivity index (χ0n) is 15.1. The van der Waals surface area contributed by atoms with Crippen molar-refractivity contribution in [3.8, 4) is 5.75 Å². The summed E-state index contributed by atoms with van der Waals surface area (Å²) in [4.78, 5) is 15.7. The van der Waals surface area contributed by atoms with Gasteiger partial charge in [0.05, 0.1) is 7.11 Å². The van der Waals surface area contributed by atoms with E-state index < -0.39 is 11.7 Å². The number of rotatable bonds is 6. The van der Waals surface area contributed by atoms with Crippen LogP contribution in [0.1, 0.15) is 26.3 Å². The molecule has 0 heterocycles. The first-order chi connectivity index (χ1) is 11.3. The number of carbonyl (C=O) groups excluding carboxylic acids is 1. The number of ether oxygens (including phenoxy) is 2. The summed E-state index contributed by atoms with van der Waals surface area (Å²) in [5, 5.41) is 9.01. The monoisotopic (exact) mass is 336 g/mol. The maximum atomic E-state index is 11.5. The van der Waals surface area contributed by atoms with Crippen LogP contribution >= 0.6 is 0 Å². The smallest absolute Gasteiger partial charge is 0.407 e. The predicted molar refractivity (Wildman–Crippen MR) is 95.4 cm³/mol. The zero-order valence-corrected chi connectivity index (χ0v) is 15.1. The molecule has 7 heteroatoms. The van der Waals surface area contributed by atoms with E-state index in [9.17, 15) is 4.79 Å². The molecule has 0 atom stereocenters. The summed E-state index contributed by atoms with van der Waals surface area (Å²) in [6.07, 6.45) is -0.427.